The molecule has 0 bridgehead atoms. The Hall–Kier alpha value is -3.54. The molecule has 0 aliphatic carbocycles. The number of furan rings is 1. The van der Waals surface area contributed by atoms with Gasteiger partial charge in [0.05, 0.1) is 6.26 Å². The largest absolute Gasteiger partial charge is 0.459 e. The van der Waals surface area contributed by atoms with Crippen molar-refractivity contribution in [3.63, 3.8) is 0 Å². The number of para-hydroxylation sites is 1. The predicted molar refractivity (Wildman–Crippen MR) is 96.3 cm³/mol. The summed E-state index contributed by atoms with van der Waals surface area (Å²) in [5, 5.41) is 5.40. The molecule has 2 aromatic carbocycles. The minimum atomic E-state index is -0.313. The number of amides is 2. The number of carbonyl (C=O) groups is 2. The van der Waals surface area contributed by atoms with Gasteiger partial charge in [-0.25, -0.2) is 0 Å². The highest BCUT2D eigenvalue weighted by atomic mass is 16.5. The minimum absolute atomic E-state index is 0.219. The van der Waals surface area contributed by atoms with Crippen LogP contribution in [0.25, 0.3) is 0 Å². The van der Waals surface area contributed by atoms with E-state index in [4.69, 9.17) is 9.15 Å². The average molecular weight is 350 g/mol. The third kappa shape index (κ3) is 4.73. The molecule has 0 saturated heterocycles. The number of ether oxygens (including phenoxy) is 1. The van der Waals surface area contributed by atoms with Gasteiger partial charge in [0.25, 0.3) is 11.8 Å². The Labute approximate surface area is 150 Å². The molecule has 0 aliphatic heterocycles. The summed E-state index contributed by atoms with van der Waals surface area (Å²) in [6.45, 7) is 0.619. The van der Waals surface area contributed by atoms with Crippen molar-refractivity contribution in [1.29, 1.82) is 0 Å². The van der Waals surface area contributed by atoms with Crippen molar-refractivity contribution in [2.45, 2.75) is 0 Å². The van der Waals surface area contributed by atoms with Crippen LogP contribution in [-0.4, -0.2) is 24.9 Å². The fourth-order valence-electron chi connectivity index (χ4n) is 2.25. The first kappa shape index (κ1) is 17.3. The van der Waals surface area contributed by atoms with Gasteiger partial charge < -0.3 is 19.8 Å². The van der Waals surface area contributed by atoms with Crippen LogP contribution >= 0.6 is 0 Å². The molecule has 2 N–H and O–H groups in total. The summed E-state index contributed by atoms with van der Waals surface area (Å²) in [5.74, 6) is 1.09. The van der Waals surface area contributed by atoms with Gasteiger partial charge in [0, 0.05) is 18.7 Å². The highest BCUT2D eigenvalue weighted by molar-refractivity contribution is 5.94. The minimum Gasteiger partial charge on any atom is -0.459 e. The normalized spacial score (nSPS) is 10.2. The van der Waals surface area contributed by atoms with Crippen LogP contribution in [0.15, 0.2) is 77.4 Å². The Kier molecular flexibility index (Phi) is 5.67. The number of nitrogens with one attached hydrogen (secondary N) is 2. The molecular weight excluding hydrogens is 332 g/mol. The van der Waals surface area contributed by atoms with E-state index in [1.54, 1.807) is 36.4 Å². The lowest BCUT2D eigenvalue weighted by Gasteiger charge is -2.08. The second kappa shape index (κ2) is 8.53. The van der Waals surface area contributed by atoms with Crippen molar-refractivity contribution in [2.24, 2.45) is 0 Å². The Balaban J connectivity index is 1.44. The number of benzene rings is 2. The zero-order chi connectivity index (χ0) is 18.2. The molecule has 6 nitrogen and oxygen atoms in total. The molecule has 0 spiro atoms. The van der Waals surface area contributed by atoms with Crippen LogP contribution < -0.4 is 15.4 Å². The van der Waals surface area contributed by atoms with Crippen molar-refractivity contribution in [3.05, 3.63) is 84.3 Å². The SMILES string of the molecule is O=C(NCCNC(=O)c1ccco1)c1ccc(Oc2ccccc2)cc1. The molecule has 0 aliphatic rings. The number of carbonyl (C=O) groups excluding carboxylic acids is 2. The van der Waals surface area contributed by atoms with Crippen molar-refractivity contribution in [2.75, 3.05) is 13.1 Å². The summed E-state index contributed by atoms with van der Waals surface area (Å²) in [4.78, 5) is 23.8. The maximum atomic E-state index is 12.1. The average Bonchev–Trinajstić information content (AvgIpc) is 3.21. The van der Waals surface area contributed by atoms with E-state index in [-0.39, 0.29) is 17.6 Å². The Morgan fingerprint density at radius 1 is 0.769 bits per heavy atom. The van der Waals surface area contributed by atoms with Crippen molar-refractivity contribution in [1.82, 2.24) is 10.6 Å². The van der Waals surface area contributed by atoms with Gasteiger partial charge in [-0.15, -0.1) is 0 Å². The van der Waals surface area contributed by atoms with E-state index < -0.39 is 0 Å². The number of hydrogen-bond acceptors (Lipinski definition) is 4. The third-order valence-electron chi connectivity index (χ3n) is 3.54. The Morgan fingerprint density at radius 3 is 2.08 bits per heavy atom. The van der Waals surface area contributed by atoms with E-state index in [2.05, 4.69) is 10.6 Å². The van der Waals surface area contributed by atoms with Gasteiger partial charge in [0.1, 0.15) is 11.5 Å². The maximum absolute atomic E-state index is 12.1. The van der Waals surface area contributed by atoms with E-state index in [1.165, 1.54) is 6.26 Å². The van der Waals surface area contributed by atoms with Gasteiger partial charge >= 0.3 is 0 Å². The molecule has 1 heterocycles. The highest BCUT2D eigenvalue weighted by Gasteiger charge is 2.08. The van der Waals surface area contributed by atoms with Crippen molar-refractivity contribution >= 4 is 11.8 Å². The fourth-order valence-corrected chi connectivity index (χ4v) is 2.25. The third-order valence-corrected chi connectivity index (χ3v) is 3.54. The number of hydrogen-bond donors (Lipinski definition) is 2. The highest BCUT2D eigenvalue weighted by Crippen LogP contribution is 2.21. The first-order valence-electron chi connectivity index (χ1n) is 8.15. The summed E-state index contributed by atoms with van der Waals surface area (Å²) in [6, 6.07) is 19.5. The molecule has 0 atom stereocenters. The van der Waals surface area contributed by atoms with Crippen LogP contribution in [0.1, 0.15) is 20.9 Å². The van der Waals surface area contributed by atoms with Gasteiger partial charge in [0.2, 0.25) is 0 Å². The molecule has 0 unspecified atom stereocenters. The van der Waals surface area contributed by atoms with E-state index >= 15 is 0 Å². The van der Waals surface area contributed by atoms with Gasteiger partial charge in [-0.3, -0.25) is 9.59 Å². The molecule has 0 saturated carbocycles. The summed E-state index contributed by atoms with van der Waals surface area (Å²) >= 11 is 0. The van der Waals surface area contributed by atoms with Gasteiger partial charge in [-0.05, 0) is 48.5 Å². The van der Waals surface area contributed by atoms with E-state index in [0.29, 0.717) is 24.4 Å². The van der Waals surface area contributed by atoms with Gasteiger partial charge in [-0.1, -0.05) is 18.2 Å². The molecule has 1 aromatic heterocycles. The van der Waals surface area contributed by atoms with Gasteiger partial charge in [-0.2, -0.15) is 0 Å². The Bertz CT molecular complexity index is 843. The number of rotatable bonds is 7. The molecule has 2 amide bonds. The molecule has 132 valence electrons. The molecule has 3 rings (SSSR count). The summed E-state index contributed by atoms with van der Waals surface area (Å²) in [6.07, 6.45) is 1.43. The lowest BCUT2D eigenvalue weighted by atomic mass is 10.2. The van der Waals surface area contributed by atoms with Crippen LogP contribution in [0, 0.1) is 0 Å². The lowest BCUT2D eigenvalue weighted by Crippen LogP contribution is -2.34. The Morgan fingerprint density at radius 2 is 1.42 bits per heavy atom. The zero-order valence-corrected chi connectivity index (χ0v) is 14.0. The van der Waals surface area contributed by atoms with Crippen LogP contribution in [0.4, 0.5) is 0 Å². The first-order valence-corrected chi connectivity index (χ1v) is 8.15. The second-order valence-corrected chi connectivity index (χ2v) is 5.43. The summed E-state index contributed by atoms with van der Waals surface area (Å²) < 4.78 is 10.7. The van der Waals surface area contributed by atoms with Crippen LogP contribution in [0.2, 0.25) is 0 Å². The maximum Gasteiger partial charge on any atom is 0.287 e. The van der Waals surface area contributed by atoms with Crippen molar-refractivity contribution < 1.29 is 18.7 Å². The molecule has 26 heavy (non-hydrogen) atoms. The zero-order valence-electron chi connectivity index (χ0n) is 14.0. The lowest BCUT2D eigenvalue weighted by molar-refractivity contribution is 0.0910. The second-order valence-electron chi connectivity index (χ2n) is 5.43. The van der Waals surface area contributed by atoms with Gasteiger partial charge in [0.15, 0.2) is 5.76 Å². The monoisotopic (exact) mass is 350 g/mol. The predicted octanol–water partition coefficient (Wildman–Crippen LogP) is 3.23. The van der Waals surface area contributed by atoms with Crippen molar-refractivity contribution in [3.8, 4) is 11.5 Å². The molecule has 6 heteroatoms. The van der Waals surface area contributed by atoms with E-state index in [9.17, 15) is 9.59 Å². The standard InChI is InChI=1S/C20H18N2O4/c23-19(21-12-13-22-20(24)18-7-4-14-25-18)15-8-10-17(11-9-15)26-16-5-2-1-3-6-16/h1-11,14H,12-13H2,(H,21,23)(H,22,24). The molecular formula is C20H18N2O4. The fraction of sp³-hybridized carbons (Fsp3) is 0.100. The van der Waals surface area contributed by atoms with Crippen LogP contribution in [0.3, 0.4) is 0 Å². The van der Waals surface area contributed by atoms with E-state index in [1.807, 2.05) is 30.3 Å². The van der Waals surface area contributed by atoms with Crippen LogP contribution in [0.5, 0.6) is 11.5 Å². The molecule has 0 fully saturated rings. The quantitative estimate of drug-likeness (QED) is 0.641. The molecule has 0 radical (unpaired) electrons. The van der Waals surface area contributed by atoms with Crippen LogP contribution in [-0.2, 0) is 0 Å². The topological polar surface area (TPSA) is 80.6 Å². The summed E-state index contributed by atoms with van der Waals surface area (Å²) in [5.41, 5.74) is 0.516. The van der Waals surface area contributed by atoms with E-state index in [0.717, 1.165) is 5.75 Å². The first-order chi connectivity index (χ1) is 12.7. The summed E-state index contributed by atoms with van der Waals surface area (Å²) in [7, 11) is 0. The smallest absolute Gasteiger partial charge is 0.287 e. The molecule has 3 aromatic rings.